The average molecular weight is 273 g/mol. The van der Waals surface area contributed by atoms with E-state index >= 15 is 0 Å². The lowest BCUT2D eigenvalue weighted by atomic mass is 9.95. The van der Waals surface area contributed by atoms with Gasteiger partial charge in [-0.2, -0.15) is 11.3 Å². The molecule has 1 aromatic heterocycles. The maximum Gasteiger partial charge on any atom is 0.0852 e. The largest absolute Gasteiger partial charge is 0.152 e. The molecule has 0 N–H and O–H groups in total. The zero-order valence-electron chi connectivity index (χ0n) is 10.1. The molecule has 0 amide bonds. The second-order valence-electron chi connectivity index (χ2n) is 4.44. The van der Waals surface area contributed by atoms with Crippen LogP contribution in [0.15, 0.2) is 53.2 Å². The van der Waals surface area contributed by atoms with E-state index in [1.807, 2.05) is 0 Å². The fourth-order valence-corrected chi connectivity index (χ4v) is 3.51. The Hall–Kier alpha value is -1.31. The molecule has 0 aliphatic heterocycles. The van der Waals surface area contributed by atoms with Crippen molar-refractivity contribution in [2.45, 2.75) is 12.3 Å². The van der Waals surface area contributed by atoms with Gasteiger partial charge in [0.2, 0.25) is 0 Å². The number of aryl methyl sites for hydroxylation is 1. The molecule has 0 radical (unpaired) electrons. The number of benzene rings is 2. The average Bonchev–Trinajstić information content (AvgIpc) is 2.92. The summed E-state index contributed by atoms with van der Waals surface area (Å²) in [4.78, 5) is 0. The Morgan fingerprint density at radius 2 is 1.89 bits per heavy atom. The molecule has 0 saturated heterocycles. The number of halogens is 1. The third-order valence-corrected chi connectivity index (χ3v) is 4.45. The number of thiophene rings is 1. The van der Waals surface area contributed by atoms with E-state index in [4.69, 9.17) is 11.6 Å². The van der Waals surface area contributed by atoms with Gasteiger partial charge >= 0.3 is 0 Å². The number of hydrogen-bond acceptors (Lipinski definition) is 1. The predicted octanol–water partition coefficient (Wildman–Crippen LogP) is 5.54. The molecule has 0 spiro atoms. The van der Waals surface area contributed by atoms with Crippen LogP contribution in [-0.4, -0.2) is 0 Å². The lowest BCUT2D eigenvalue weighted by Gasteiger charge is -2.15. The van der Waals surface area contributed by atoms with E-state index in [1.54, 1.807) is 11.3 Å². The Morgan fingerprint density at radius 3 is 2.67 bits per heavy atom. The molecule has 3 aromatic rings. The van der Waals surface area contributed by atoms with E-state index in [0.29, 0.717) is 0 Å². The van der Waals surface area contributed by atoms with Gasteiger partial charge in [-0.1, -0.05) is 36.4 Å². The molecular formula is C16H13ClS. The van der Waals surface area contributed by atoms with Crippen LogP contribution in [0.25, 0.3) is 10.8 Å². The summed E-state index contributed by atoms with van der Waals surface area (Å²) < 4.78 is 0. The summed E-state index contributed by atoms with van der Waals surface area (Å²) in [5.74, 6) is 0. The van der Waals surface area contributed by atoms with Crippen molar-refractivity contribution in [2.24, 2.45) is 0 Å². The van der Waals surface area contributed by atoms with Gasteiger partial charge in [-0.05, 0) is 51.2 Å². The molecule has 3 rings (SSSR count). The van der Waals surface area contributed by atoms with Crippen molar-refractivity contribution in [1.29, 1.82) is 0 Å². The summed E-state index contributed by atoms with van der Waals surface area (Å²) >= 11 is 8.35. The standard InChI is InChI=1S/C16H13ClS/c1-11-6-7-12-4-2-3-5-14(12)15(11)16(17)13-8-9-18-10-13/h2-10,16H,1H3. The first kappa shape index (κ1) is 11.8. The van der Waals surface area contributed by atoms with E-state index in [0.717, 1.165) is 0 Å². The number of rotatable bonds is 2. The van der Waals surface area contributed by atoms with E-state index in [2.05, 4.69) is 60.1 Å². The smallest absolute Gasteiger partial charge is 0.0852 e. The summed E-state index contributed by atoms with van der Waals surface area (Å²) in [6.07, 6.45) is 0. The van der Waals surface area contributed by atoms with Crippen LogP contribution in [0.4, 0.5) is 0 Å². The molecule has 0 aliphatic carbocycles. The summed E-state index contributed by atoms with van der Waals surface area (Å²) in [6.45, 7) is 2.13. The van der Waals surface area contributed by atoms with Crippen molar-refractivity contribution in [3.63, 3.8) is 0 Å². The van der Waals surface area contributed by atoms with Crippen molar-refractivity contribution in [3.05, 3.63) is 69.9 Å². The fraction of sp³-hybridized carbons (Fsp3) is 0.125. The quantitative estimate of drug-likeness (QED) is 0.538. The highest BCUT2D eigenvalue weighted by Gasteiger charge is 2.16. The summed E-state index contributed by atoms with van der Waals surface area (Å²) in [7, 11) is 0. The lowest BCUT2D eigenvalue weighted by Crippen LogP contribution is -1.96. The van der Waals surface area contributed by atoms with Crippen LogP contribution in [-0.2, 0) is 0 Å². The summed E-state index contributed by atoms with van der Waals surface area (Å²) in [5, 5.41) is 6.63. The van der Waals surface area contributed by atoms with Crippen LogP contribution < -0.4 is 0 Å². The Balaban J connectivity index is 2.24. The number of hydrogen-bond donors (Lipinski definition) is 0. The van der Waals surface area contributed by atoms with Crippen molar-refractivity contribution < 1.29 is 0 Å². The zero-order valence-corrected chi connectivity index (χ0v) is 11.6. The zero-order chi connectivity index (χ0) is 12.5. The SMILES string of the molecule is Cc1ccc2ccccc2c1C(Cl)c1ccsc1. The van der Waals surface area contributed by atoms with E-state index in [9.17, 15) is 0 Å². The van der Waals surface area contributed by atoms with Crippen LogP contribution >= 0.6 is 22.9 Å². The van der Waals surface area contributed by atoms with Gasteiger partial charge in [-0.3, -0.25) is 0 Å². The van der Waals surface area contributed by atoms with E-state index in [1.165, 1.54) is 27.5 Å². The molecule has 18 heavy (non-hydrogen) atoms. The fourth-order valence-electron chi connectivity index (χ4n) is 2.33. The molecule has 1 unspecified atom stereocenters. The van der Waals surface area contributed by atoms with E-state index in [-0.39, 0.29) is 5.38 Å². The first-order valence-corrected chi connectivity index (χ1v) is 7.29. The maximum atomic E-state index is 6.66. The van der Waals surface area contributed by atoms with Crippen LogP contribution in [0.2, 0.25) is 0 Å². The predicted molar refractivity (Wildman–Crippen MR) is 80.7 cm³/mol. The summed E-state index contributed by atoms with van der Waals surface area (Å²) in [6, 6.07) is 14.8. The Bertz CT molecular complexity index is 671. The van der Waals surface area contributed by atoms with Gasteiger partial charge in [0.05, 0.1) is 5.38 Å². The third kappa shape index (κ3) is 1.94. The minimum absolute atomic E-state index is 0.0673. The maximum absolute atomic E-state index is 6.66. The molecular weight excluding hydrogens is 260 g/mol. The van der Waals surface area contributed by atoms with Crippen LogP contribution in [0.5, 0.6) is 0 Å². The Kier molecular flexibility index (Phi) is 3.11. The van der Waals surface area contributed by atoms with Gasteiger partial charge < -0.3 is 0 Å². The molecule has 1 atom stereocenters. The first-order chi connectivity index (χ1) is 8.77. The minimum atomic E-state index is -0.0673. The topological polar surface area (TPSA) is 0 Å². The number of alkyl halides is 1. The second-order valence-corrected chi connectivity index (χ2v) is 5.65. The van der Waals surface area contributed by atoms with Gasteiger partial charge in [-0.15, -0.1) is 11.6 Å². The van der Waals surface area contributed by atoms with E-state index < -0.39 is 0 Å². The molecule has 90 valence electrons. The summed E-state index contributed by atoms with van der Waals surface area (Å²) in [5.41, 5.74) is 3.66. The highest BCUT2D eigenvalue weighted by Crippen LogP contribution is 2.36. The minimum Gasteiger partial charge on any atom is -0.152 e. The normalized spacial score (nSPS) is 12.8. The van der Waals surface area contributed by atoms with Gasteiger partial charge in [0.1, 0.15) is 0 Å². The van der Waals surface area contributed by atoms with Crippen molar-refractivity contribution in [3.8, 4) is 0 Å². The first-order valence-electron chi connectivity index (χ1n) is 5.92. The van der Waals surface area contributed by atoms with Crippen LogP contribution in [0.3, 0.4) is 0 Å². The van der Waals surface area contributed by atoms with Gasteiger partial charge in [0, 0.05) is 0 Å². The van der Waals surface area contributed by atoms with Gasteiger partial charge in [-0.25, -0.2) is 0 Å². The molecule has 1 heterocycles. The molecule has 0 aliphatic rings. The highest BCUT2D eigenvalue weighted by molar-refractivity contribution is 7.08. The Labute approximate surface area is 116 Å². The molecule has 2 aromatic carbocycles. The van der Waals surface area contributed by atoms with Crippen molar-refractivity contribution >= 4 is 33.7 Å². The Morgan fingerprint density at radius 1 is 1.06 bits per heavy atom. The molecule has 0 nitrogen and oxygen atoms in total. The second kappa shape index (κ2) is 4.75. The van der Waals surface area contributed by atoms with Crippen molar-refractivity contribution in [2.75, 3.05) is 0 Å². The molecule has 0 bridgehead atoms. The van der Waals surface area contributed by atoms with Crippen LogP contribution in [0, 0.1) is 6.92 Å². The monoisotopic (exact) mass is 272 g/mol. The van der Waals surface area contributed by atoms with Crippen molar-refractivity contribution in [1.82, 2.24) is 0 Å². The van der Waals surface area contributed by atoms with Gasteiger partial charge in [0.15, 0.2) is 0 Å². The highest BCUT2D eigenvalue weighted by atomic mass is 35.5. The third-order valence-electron chi connectivity index (χ3n) is 3.28. The van der Waals surface area contributed by atoms with Crippen LogP contribution in [0.1, 0.15) is 22.1 Å². The molecule has 0 saturated carbocycles. The number of fused-ring (bicyclic) bond motifs is 1. The molecule has 0 fully saturated rings. The molecule has 2 heteroatoms. The van der Waals surface area contributed by atoms with Gasteiger partial charge in [0.25, 0.3) is 0 Å². The lowest BCUT2D eigenvalue weighted by molar-refractivity contribution is 1.14.